The normalized spacial score (nSPS) is 18.4. The van der Waals surface area contributed by atoms with Crippen LogP contribution in [0.1, 0.15) is 40.0 Å². The molecule has 106 valence electrons. The van der Waals surface area contributed by atoms with Crippen LogP contribution in [0.25, 0.3) is 0 Å². The van der Waals surface area contributed by atoms with Gasteiger partial charge in [-0.2, -0.15) is 0 Å². The van der Waals surface area contributed by atoms with Crippen LogP contribution in [0.2, 0.25) is 0 Å². The van der Waals surface area contributed by atoms with Crippen LogP contribution in [0, 0.1) is 5.41 Å². The molecular formula is C16H26N2O. The standard InChI is InChI=1S/C16H26N2O/c1-4-11-19-14-8-5-7-13(15(14)17)18-10-6-9-16(2,3)12-18/h5,7-8H,4,6,9-12,17H2,1-3H3. The van der Waals surface area contributed by atoms with E-state index in [0.29, 0.717) is 5.41 Å². The average molecular weight is 262 g/mol. The molecule has 1 aromatic carbocycles. The second-order valence-corrected chi connectivity index (χ2v) is 6.23. The number of hydrogen-bond donors (Lipinski definition) is 1. The molecular weight excluding hydrogens is 236 g/mol. The number of nitrogens with two attached hydrogens (primary N) is 1. The van der Waals surface area contributed by atoms with Gasteiger partial charge in [0, 0.05) is 13.1 Å². The van der Waals surface area contributed by atoms with Crippen molar-refractivity contribution in [3.8, 4) is 5.75 Å². The Morgan fingerprint density at radius 2 is 2.16 bits per heavy atom. The Morgan fingerprint density at radius 1 is 1.37 bits per heavy atom. The highest BCUT2D eigenvalue weighted by Crippen LogP contribution is 2.37. The quantitative estimate of drug-likeness (QED) is 0.841. The summed E-state index contributed by atoms with van der Waals surface area (Å²) >= 11 is 0. The number of nitrogen functional groups attached to an aromatic ring is 1. The van der Waals surface area contributed by atoms with E-state index in [-0.39, 0.29) is 0 Å². The van der Waals surface area contributed by atoms with Crippen molar-refractivity contribution in [1.29, 1.82) is 0 Å². The Labute approximate surface area is 116 Å². The van der Waals surface area contributed by atoms with E-state index in [0.717, 1.165) is 43.2 Å². The maximum atomic E-state index is 6.28. The third-order valence-electron chi connectivity index (χ3n) is 3.75. The number of anilines is 2. The largest absolute Gasteiger partial charge is 0.491 e. The van der Waals surface area contributed by atoms with Crippen molar-refractivity contribution in [3.63, 3.8) is 0 Å². The summed E-state index contributed by atoms with van der Waals surface area (Å²) in [6.45, 7) is 9.63. The summed E-state index contributed by atoms with van der Waals surface area (Å²) in [4.78, 5) is 2.40. The van der Waals surface area contributed by atoms with Crippen molar-refractivity contribution in [3.05, 3.63) is 18.2 Å². The van der Waals surface area contributed by atoms with Crippen molar-refractivity contribution in [2.75, 3.05) is 30.3 Å². The van der Waals surface area contributed by atoms with Gasteiger partial charge in [-0.25, -0.2) is 0 Å². The van der Waals surface area contributed by atoms with Gasteiger partial charge in [-0.15, -0.1) is 0 Å². The molecule has 1 heterocycles. The van der Waals surface area contributed by atoms with E-state index in [2.05, 4.69) is 31.7 Å². The predicted molar refractivity (Wildman–Crippen MR) is 81.9 cm³/mol. The van der Waals surface area contributed by atoms with Gasteiger partial charge >= 0.3 is 0 Å². The zero-order chi connectivity index (χ0) is 13.9. The fourth-order valence-corrected chi connectivity index (χ4v) is 2.77. The number of benzene rings is 1. The second kappa shape index (κ2) is 5.72. The molecule has 1 aliphatic rings. The predicted octanol–water partition coefficient (Wildman–Crippen LogP) is 3.68. The first kappa shape index (κ1) is 14.0. The van der Waals surface area contributed by atoms with Gasteiger partial charge in [-0.1, -0.05) is 26.8 Å². The molecule has 1 aromatic rings. The molecule has 0 unspecified atom stereocenters. The summed E-state index contributed by atoms with van der Waals surface area (Å²) in [5.74, 6) is 0.822. The number of piperidine rings is 1. The Hall–Kier alpha value is -1.38. The van der Waals surface area contributed by atoms with Gasteiger partial charge in [-0.3, -0.25) is 0 Å². The van der Waals surface area contributed by atoms with Gasteiger partial charge in [0.05, 0.1) is 18.0 Å². The molecule has 0 spiro atoms. The van der Waals surface area contributed by atoms with Gasteiger partial charge in [0.1, 0.15) is 5.75 Å². The van der Waals surface area contributed by atoms with Gasteiger partial charge in [0.15, 0.2) is 0 Å². The fraction of sp³-hybridized carbons (Fsp3) is 0.625. The molecule has 2 N–H and O–H groups in total. The molecule has 0 atom stereocenters. The van der Waals surface area contributed by atoms with E-state index in [9.17, 15) is 0 Å². The summed E-state index contributed by atoms with van der Waals surface area (Å²) < 4.78 is 5.72. The van der Waals surface area contributed by atoms with Crippen LogP contribution < -0.4 is 15.4 Å². The Morgan fingerprint density at radius 3 is 2.84 bits per heavy atom. The summed E-state index contributed by atoms with van der Waals surface area (Å²) in [7, 11) is 0. The van der Waals surface area contributed by atoms with E-state index >= 15 is 0 Å². The Balaban J connectivity index is 2.19. The zero-order valence-electron chi connectivity index (χ0n) is 12.4. The van der Waals surface area contributed by atoms with E-state index in [1.165, 1.54) is 12.8 Å². The van der Waals surface area contributed by atoms with Crippen LogP contribution in [0.15, 0.2) is 18.2 Å². The lowest BCUT2D eigenvalue weighted by Gasteiger charge is -2.40. The molecule has 2 rings (SSSR count). The zero-order valence-corrected chi connectivity index (χ0v) is 12.4. The number of hydrogen-bond acceptors (Lipinski definition) is 3. The highest BCUT2D eigenvalue weighted by molar-refractivity contribution is 5.74. The smallest absolute Gasteiger partial charge is 0.144 e. The highest BCUT2D eigenvalue weighted by Gasteiger charge is 2.27. The molecule has 1 aliphatic heterocycles. The number of rotatable bonds is 4. The SMILES string of the molecule is CCCOc1cccc(N2CCCC(C)(C)C2)c1N. The monoisotopic (exact) mass is 262 g/mol. The fourth-order valence-electron chi connectivity index (χ4n) is 2.77. The van der Waals surface area contributed by atoms with E-state index in [1.54, 1.807) is 0 Å². The summed E-state index contributed by atoms with van der Waals surface area (Å²) in [6, 6.07) is 6.11. The van der Waals surface area contributed by atoms with Crippen LogP contribution >= 0.6 is 0 Å². The Bertz CT molecular complexity index is 429. The molecule has 0 radical (unpaired) electrons. The van der Waals surface area contributed by atoms with E-state index in [4.69, 9.17) is 10.5 Å². The van der Waals surface area contributed by atoms with E-state index in [1.807, 2.05) is 12.1 Å². The van der Waals surface area contributed by atoms with Crippen LogP contribution in [0.3, 0.4) is 0 Å². The molecule has 0 aliphatic carbocycles. The molecule has 0 bridgehead atoms. The minimum atomic E-state index is 0.366. The second-order valence-electron chi connectivity index (χ2n) is 6.23. The maximum absolute atomic E-state index is 6.28. The van der Waals surface area contributed by atoms with Crippen molar-refractivity contribution >= 4 is 11.4 Å². The first-order valence-electron chi connectivity index (χ1n) is 7.30. The topological polar surface area (TPSA) is 38.5 Å². The van der Waals surface area contributed by atoms with Crippen molar-refractivity contribution in [2.24, 2.45) is 5.41 Å². The van der Waals surface area contributed by atoms with Crippen molar-refractivity contribution < 1.29 is 4.74 Å². The molecule has 3 nitrogen and oxygen atoms in total. The molecule has 3 heteroatoms. The van der Waals surface area contributed by atoms with Gasteiger partial charge in [0.2, 0.25) is 0 Å². The average Bonchev–Trinajstić information content (AvgIpc) is 2.36. The van der Waals surface area contributed by atoms with Gasteiger partial charge in [0.25, 0.3) is 0 Å². The van der Waals surface area contributed by atoms with Crippen molar-refractivity contribution in [2.45, 2.75) is 40.0 Å². The number of ether oxygens (including phenoxy) is 1. The number of nitrogens with zero attached hydrogens (tertiary/aromatic N) is 1. The summed E-state index contributed by atoms with van der Waals surface area (Å²) in [5, 5.41) is 0. The maximum Gasteiger partial charge on any atom is 0.144 e. The van der Waals surface area contributed by atoms with Gasteiger partial charge in [-0.05, 0) is 36.8 Å². The Kier molecular flexibility index (Phi) is 4.23. The lowest BCUT2D eigenvalue weighted by Crippen LogP contribution is -2.40. The van der Waals surface area contributed by atoms with Gasteiger partial charge < -0.3 is 15.4 Å². The number of para-hydroxylation sites is 1. The van der Waals surface area contributed by atoms with Crippen LogP contribution in [0.5, 0.6) is 5.75 Å². The third kappa shape index (κ3) is 3.34. The van der Waals surface area contributed by atoms with Crippen LogP contribution in [-0.2, 0) is 0 Å². The first-order chi connectivity index (χ1) is 9.03. The molecule has 19 heavy (non-hydrogen) atoms. The highest BCUT2D eigenvalue weighted by atomic mass is 16.5. The molecule has 0 saturated carbocycles. The minimum absolute atomic E-state index is 0.366. The molecule has 1 saturated heterocycles. The van der Waals surface area contributed by atoms with Crippen LogP contribution in [-0.4, -0.2) is 19.7 Å². The lowest BCUT2D eigenvalue weighted by atomic mass is 9.84. The van der Waals surface area contributed by atoms with Crippen molar-refractivity contribution in [1.82, 2.24) is 0 Å². The molecule has 1 fully saturated rings. The van der Waals surface area contributed by atoms with E-state index < -0.39 is 0 Å². The third-order valence-corrected chi connectivity index (χ3v) is 3.75. The van der Waals surface area contributed by atoms with Crippen LogP contribution in [0.4, 0.5) is 11.4 Å². The first-order valence-corrected chi connectivity index (χ1v) is 7.30. The molecule has 0 amide bonds. The minimum Gasteiger partial charge on any atom is -0.491 e. The lowest BCUT2D eigenvalue weighted by molar-refractivity contribution is 0.292. The summed E-state index contributed by atoms with van der Waals surface area (Å²) in [6.07, 6.45) is 3.52. The molecule has 0 aromatic heterocycles. The summed E-state index contributed by atoms with van der Waals surface area (Å²) in [5.41, 5.74) is 8.55.